The zero-order valence-corrected chi connectivity index (χ0v) is 16.0. The fourth-order valence-electron chi connectivity index (χ4n) is 2.51. The Morgan fingerprint density at radius 3 is 3.00 bits per heavy atom. The number of benzene rings is 1. The van der Waals surface area contributed by atoms with E-state index in [2.05, 4.69) is 34.0 Å². The summed E-state index contributed by atoms with van der Waals surface area (Å²) in [5.41, 5.74) is 0.468. The molecule has 9 heteroatoms. The van der Waals surface area contributed by atoms with Crippen molar-refractivity contribution in [3.63, 3.8) is 0 Å². The number of nitrogens with zero attached hydrogens (tertiary/aromatic N) is 6. The first-order valence-electron chi connectivity index (χ1n) is 8.33. The number of thioether (sulfide) groups is 1. The predicted molar refractivity (Wildman–Crippen MR) is 103 cm³/mol. The lowest BCUT2D eigenvalue weighted by Crippen LogP contribution is -2.22. The second-order valence-corrected chi connectivity index (χ2v) is 7.10. The number of rotatable bonds is 8. The monoisotopic (exact) mass is 390 g/mol. The summed E-state index contributed by atoms with van der Waals surface area (Å²) in [5.74, 6) is 1.28. The minimum absolute atomic E-state index is 0.111. The van der Waals surface area contributed by atoms with Crippen LogP contribution in [0.5, 0.6) is 0 Å². The Morgan fingerprint density at radius 1 is 1.38 bits per heavy atom. The number of aryl methyl sites for hydroxylation is 1. The van der Waals surface area contributed by atoms with Crippen LogP contribution in [0.4, 0.5) is 0 Å². The van der Waals surface area contributed by atoms with Gasteiger partial charge in [-0.15, -0.1) is 11.7 Å². The maximum atomic E-state index is 12.8. The summed E-state index contributed by atoms with van der Waals surface area (Å²) in [6, 6.07) is 5.10. The van der Waals surface area contributed by atoms with Crippen molar-refractivity contribution in [2.24, 2.45) is 0 Å². The molecule has 0 aliphatic rings. The molecule has 1 aromatic carbocycles. The van der Waals surface area contributed by atoms with Crippen molar-refractivity contribution < 1.29 is 0 Å². The van der Waals surface area contributed by atoms with Crippen LogP contribution in [-0.4, -0.2) is 29.8 Å². The minimum Gasteiger partial charge on any atom is -0.283 e. The summed E-state index contributed by atoms with van der Waals surface area (Å²) in [5, 5.41) is 13.5. The molecule has 0 aliphatic heterocycles. The summed E-state index contributed by atoms with van der Waals surface area (Å²) in [7, 11) is 0. The van der Waals surface area contributed by atoms with Crippen molar-refractivity contribution in [1.82, 2.24) is 29.8 Å². The fourth-order valence-corrected chi connectivity index (χ4v) is 3.62. The molecule has 2 aromatic heterocycles. The molecule has 0 radical (unpaired) electrons. The van der Waals surface area contributed by atoms with E-state index in [4.69, 9.17) is 11.6 Å². The maximum absolute atomic E-state index is 12.8. The molecule has 0 saturated heterocycles. The zero-order valence-electron chi connectivity index (χ0n) is 14.4. The lowest BCUT2D eigenvalue weighted by Gasteiger charge is -2.11. The van der Waals surface area contributed by atoms with Crippen LogP contribution in [0.3, 0.4) is 0 Å². The van der Waals surface area contributed by atoms with E-state index in [-0.39, 0.29) is 5.56 Å². The molecule has 3 aromatic rings. The second kappa shape index (κ2) is 8.46. The van der Waals surface area contributed by atoms with Crippen LogP contribution in [0.25, 0.3) is 10.9 Å². The number of halogens is 1. The Morgan fingerprint density at radius 2 is 2.23 bits per heavy atom. The smallest absolute Gasteiger partial charge is 0.262 e. The average Bonchev–Trinajstić information content (AvgIpc) is 3.08. The highest BCUT2D eigenvalue weighted by Crippen LogP contribution is 2.23. The van der Waals surface area contributed by atoms with E-state index >= 15 is 0 Å². The van der Waals surface area contributed by atoms with Gasteiger partial charge < -0.3 is 0 Å². The van der Waals surface area contributed by atoms with Gasteiger partial charge in [0.25, 0.3) is 5.56 Å². The summed E-state index contributed by atoms with van der Waals surface area (Å²) in [4.78, 5) is 17.4. The fraction of sp³-hybridized carbons (Fsp3) is 0.353. The maximum Gasteiger partial charge on any atom is 0.262 e. The Kier molecular flexibility index (Phi) is 6.05. The van der Waals surface area contributed by atoms with Gasteiger partial charge in [-0.3, -0.25) is 9.36 Å². The number of allylic oxidation sites excluding steroid dienone is 1. The summed E-state index contributed by atoms with van der Waals surface area (Å²) < 4.78 is 3.40. The van der Waals surface area contributed by atoms with E-state index in [1.165, 1.54) is 11.8 Å². The third-order valence-corrected chi connectivity index (χ3v) is 5.06. The number of tetrazole rings is 1. The van der Waals surface area contributed by atoms with E-state index in [0.717, 1.165) is 25.2 Å². The first-order valence-corrected chi connectivity index (χ1v) is 9.69. The molecule has 0 fully saturated rings. The van der Waals surface area contributed by atoms with Crippen molar-refractivity contribution in [3.8, 4) is 0 Å². The molecule has 0 aliphatic carbocycles. The molecule has 0 atom stereocenters. The van der Waals surface area contributed by atoms with Crippen molar-refractivity contribution in [1.29, 1.82) is 0 Å². The van der Waals surface area contributed by atoms with Gasteiger partial charge in [0.05, 0.1) is 16.7 Å². The lowest BCUT2D eigenvalue weighted by molar-refractivity contribution is 0.540. The number of aromatic nitrogens is 6. The van der Waals surface area contributed by atoms with Gasteiger partial charge in [0.15, 0.2) is 11.0 Å². The summed E-state index contributed by atoms with van der Waals surface area (Å²) >= 11 is 7.48. The van der Waals surface area contributed by atoms with E-state index in [1.54, 1.807) is 33.5 Å². The normalized spacial score (nSPS) is 11.2. The van der Waals surface area contributed by atoms with Crippen molar-refractivity contribution in [2.75, 3.05) is 0 Å². The largest absolute Gasteiger partial charge is 0.283 e. The third-order valence-electron chi connectivity index (χ3n) is 3.85. The van der Waals surface area contributed by atoms with Gasteiger partial charge in [0.1, 0.15) is 0 Å². The van der Waals surface area contributed by atoms with Gasteiger partial charge in [0.2, 0.25) is 0 Å². The third kappa shape index (κ3) is 3.96. The van der Waals surface area contributed by atoms with Crippen LogP contribution >= 0.6 is 23.4 Å². The van der Waals surface area contributed by atoms with E-state index in [9.17, 15) is 4.79 Å². The molecular weight excluding hydrogens is 372 g/mol. The van der Waals surface area contributed by atoms with Gasteiger partial charge in [-0.05, 0) is 35.0 Å². The van der Waals surface area contributed by atoms with Crippen LogP contribution in [-0.2, 0) is 18.8 Å². The molecular formula is C17H19ClN6OS. The lowest BCUT2D eigenvalue weighted by atomic mass is 10.2. The second-order valence-electron chi connectivity index (χ2n) is 5.72. The Bertz CT molecular complexity index is 983. The molecule has 0 unspecified atom stereocenters. The molecule has 7 nitrogen and oxygen atoms in total. The molecule has 26 heavy (non-hydrogen) atoms. The molecule has 0 bridgehead atoms. The standard InChI is InChI=1S/C17H19ClN6OS/c1-3-5-9-24-15(20-21-22-24)11-26-17-19-14-10-12(18)6-7-13(14)16(25)23(17)8-4-2/h4,6-7,10H,2-3,5,8-9,11H2,1H3. The van der Waals surface area contributed by atoms with Crippen molar-refractivity contribution in [2.45, 2.75) is 43.8 Å². The van der Waals surface area contributed by atoms with Gasteiger partial charge in [-0.2, -0.15) is 0 Å². The number of hydrogen-bond acceptors (Lipinski definition) is 6. The van der Waals surface area contributed by atoms with Crippen LogP contribution in [0.15, 0.2) is 40.8 Å². The van der Waals surface area contributed by atoms with E-state index in [0.29, 0.717) is 33.4 Å². The number of hydrogen-bond donors (Lipinski definition) is 0. The topological polar surface area (TPSA) is 78.5 Å². The first-order chi connectivity index (χ1) is 12.6. The molecule has 0 spiro atoms. The summed E-state index contributed by atoms with van der Waals surface area (Å²) in [6.07, 6.45) is 3.76. The predicted octanol–water partition coefficient (Wildman–Crippen LogP) is 3.31. The highest BCUT2D eigenvalue weighted by molar-refractivity contribution is 7.98. The van der Waals surface area contributed by atoms with Crippen molar-refractivity contribution >= 4 is 34.3 Å². The van der Waals surface area contributed by atoms with Crippen LogP contribution in [0.2, 0.25) is 5.02 Å². The average molecular weight is 391 g/mol. The van der Waals surface area contributed by atoms with Crippen LogP contribution < -0.4 is 5.56 Å². The molecule has 3 rings (SSSR count). The molecule has 136 valence electrons. The van der Waals surface area contributed by atoms with E-state index in [1.807, 2.05) is 0 Å². The minimum atomic E-state index is -0.111. The summed E-state index contributed by atoms with van der Waals surface area (Å²) in [6.45, 7) is 7.02. The molecule has 0 amide bonds. The SMILES string of the molecule is C=CCn1c(SCc2nnnn2CCCC)nc2cc(Cl)ccc2c1=O. The molecule has 2 heterocycles. The first kappa shape index (κ1) is 18.6. The number of fused-ring (bicyclic) bond motifs is 1. The van der Waals surface area contributed by atoms with Gasteiger partial charge in [0, 0.05) is 18.1 Å². The van der Waals surface area contributed by atoms with Gasteiger partial charge in [-0.1, -0.05) is 42.8 Å². The zero-order chi connectivity index (χ0) is 18.5. The van der Waals surface area contributed by atoms with Gasteiger partial charge in [-0.25, -0.2) is 9.67 Å². The van der Waals surface area contributed by atoms with Crippen LogP contribution in [0, 0.1) is 0 Å². The molecule has 0 N–H and O–H groups in total. The quantitative estimate of drug-likeness (QED) is 0.333. The van der Waals surface area contributed by atoms with E-state index < -0.39 is 0 Å². The Labute approximate surface area is 160 Å². The highest BCUT2D eigenvalue weighted by atomic mass is 35.5. The van der Waals surface area contributed by atoms with Crippen LogP contribution in [0.1, 0.15) is 25.6 Å². The highest BCUT2D eigenvalue weighted by Gasteiger charge is 2.13. The Balaban J connectivity index is 1.93. The molecule has 0 saturated carbocycles. The van der Waals surface area contributed by atoms with Crippen molar-refractivity contribution in [3.05, 3.63) is 52.1 Å². The Hall–Kier alpha value is -2.19. The number of unbranched alkanes of at least 4 members (excludes halogenated alkanes) is 1. The van der Waals surface area contributed by atoms with Gasteiger partial charge >= 0.3 is 0 Å².